The Kier molecular flexibility index (Phi) is 3.01. The third-order valence-electron chi connectivity index (χ3n) is 5.33. The molecule has 1 N–H and O–H groups in total. The second-order valence-corrected chi connectivity index (χ2v) is 6.71. The molecule has 0 aromatic rings. The van der Waals surface area contributed by atoms with Crippen LogP contribution in [-0.4, -0.2) is 24.3 Å². The number of aliphatic hydroxyl groups excluding tert-OH is 1. The van der Waals surface area contributed by atoms with Gasteiger partial charge in [0.1, 0.15) is 0 Å². The van der Waals surface area contributed by atoms with Crippen molar-refractivity contribution >= 4 is 5.97 Å². The Hall–Kier alpha value is -0.570. The SMILES string of the molecule is COC(=O)C1CC2C(C)(C)CCCC2(C)C1O. The summed E-state index contributed by atoms with van der Waals surface area (Å²) in [4.78, 5) is 11.7. The van der Waals surface area contributed by atoms with Crippen LogP contribution in [0, 0.1) is 22.7 Å². The zero-order valence-electron chi connectivity index (χ0n) is 11.3. The lowest BCUT2D eigenvalue weighted by Crippen LogP contribution is -2.44. The van der Waals surface area contributed by atoms with E-state index in [0.717, 1.165) is 19.3 Å². The van der Waals surface area contributed by atoms with Gasteiger partial charge in [-0.25, -0.2) is 0 Å². The van der Waals surface area contributed by atoms with Crippen molar-refractivity contribution in [3.8, 4) is 0 Å². The Labute approximate surface area is 104 Å². The monoisotopic (exact) mass is 240 g/mol. The van der Waals surface area contributed by atoms with Gasteiger partial charge in [0.15, 0.2) is 0 Å². The van der Waals surface area contributed by atoms with Crippen LogP contribution in [0.15, 0.2) is 0 Å². The lowest BCUT2D eigenvalue weighted by Gasteiger charge is -2.48. The number of carbonyl (C=O) groups is 1. The van der Waals surface area contributed by atoms with Gasteiger partial charge in [0.2, 0.25) is 0 Å². The third kappa shape index (κ3) is 1.79. The molecule has 0 aromatic heterocycles. The summed E-state index contributed by atoms with van der Waals surface area (Å²) in [5.41, 5.74) is 0.108. The van der Waals surface area contributed by atoms with Crippen LogP contribution in [0.4, 0.5) is 0 Å². The van der Waals surface area contributed by atoms with Crippen molar-refractivity contribution in [1.82, 2.24) is 0 Å². The van der Waals surface area contributed by atoms with Crippen molar-refractivity contribution < 1.29 is 14.6 Å². The molecule has 2 rings (SSSR count). The molecule has 3 nitrogen and oxygen atoms in total. The van der Waals surface area contributed by atoms with Gasteiger partial charge in [0.05, 0.1) is 19.1 Å². The van der Waals surface area contributed by atoms with Gasteiger partial charge in [-0.1, -0.05) is 27.2 Å². The second-order valence-electron chi connectivity index (χ2n) is 6.71. The maximum Gasteiger partial charge on any atom is 0.311 e. The Balaban J connectivity index is 2.30. The van der Waals surface area contributed by atoms with Crippen LogP contribution in [0.1, 0.15) is 46.5 Å². The van der Waals surface area contributed by atoms with Crippen LogP contribution in [0.5, 0.6) is 0 Å². The number of methoxy groups -OCH3 is 1. The van der Waals surface area contributed by atoms with Gasteiger partial charge in [0.25, 0.3) is 0 Å². The zero-order chi connectivity index (χ0) is 12.8. The fourth-order valence-corrected chi connectivity index (χ4v) is 4.33. The first-order valence-corrected chi connectivity index (χ1v) is 6.59. The third-order valence-corrected chi connectivity index (χ3v) is 5.33. The van der Waals surface area contributed by atoms with Gasteiger partial charge >= 0.3 is 5.97 Å². The van der Waals surface area contributed by atoms with E-state index < -0.39 is 6.10 Å². The molecule has 0 saturated heterocycles. The van der Waals surface area contributed by atoms with Crippen LogP contribution in [0.3, 0.4) is 0 Å². The van der Waals surface area contributed by atoms with Crippen LogP contribution >= 0.6 is 0 Å². The summed E-state index contributed by atoms with van der Waals surface area (Å²) in [6, 6.07) is 0. The predicted molar refractivity (Wildman–Crippen MR) is 65.4 cm³/mol. The van der Waals surface area contributed by atoms with Crippen molar-refractivity contribution in [2.24, 2.45) is 22.7 Å². The molecule has 98 valence electrons. The minimum absolute atomic E-state index is 0.111. The number of carbonyl (C=O) groups excluding carboxylic acids is 1. The summed E-state index contributed by atoms with van der Waals surface area (Å²) in [6.07, 6.45) is 3.59. The molecule has 0 spiro atoms. The normalized spacial score (nSPS) is 44.2. The molecule has 0 amide bonds. The highest BCUT2D eigenvalue weighted by Crippen LogP contribution is 2.60. The minimum Gasteiger partial charge on any atom is -0.469 e. The molecule has 4 unspecified atom stereocenters. The lowest BCUT2D eigenvalue weighted by atomic mass is 9.57. The first-order chi connectivity index (χ1) is 7.83. The quantitative estimate of drug-likeness (QED) is 0.716. The molecule has 0 radical (unpaired) electrons. The lowest BCUT2D eigenvalue weighted by molar-refractivity contribution is -0.150. The number of hydrogen-bond donors (Lipinski definition) is 1. The van der Waals surface area contributed by atoms with E-state index in [2.05, 4.69) is 20.8 Å². The second kappa shape index (κ2) is 3.98. The van der Waals surface area contributed by atoms with Crippen LogP contribution in [0.25, 0.3) is 0 Å². The molecular weight excluding hydrogens is 216 g/mol. The Morgan fingerprint density at radius 1 is 1.29 bits per heavy atom. The summed E-state index contributed by atoms with van der Waals surface area (Å²) in [7, 11) is 1.41. The van der Waals surface area contributed by atoms with Gasteiger partial charge in [-0.05, 0) is 36.0 Å². The van der Waals surface area contributed by atoms with Gasteiger partial charge in [-0.2, -0.15) is 0 Å². The Bertz CT molecular complexity index is 323. The molecule has 0 aromatic carbocycles. The number of rotatable bonds is 1. The number of ether oxygens (including phenoxy) is 1. The van der Waals surface area contributed by atoms with Crippen LogP contribution in [-0.2, 0) is 9.53 Å². The van der Waals surface area contributed by atoms with Crippen molar-refractivity contribution in [1.29, 1.82) is 0 Å². The standard InChI is InChI=1S/C14H24O3/c1-13(2)6-5-7-14(3)10(13)8-9(11(14)15)12(16)17-4/h9-11,15H,5-8H2,1-4H3. The van der Waals surface area contributed by atoms with E-state index in [1.165, 1.54) is 13.5 Å². The zero-order valence-corrected chi connectivity index (χ0v) is 11.3. The fraction of sp³-hybridized carbons (Fsp3) is 0.929. The highest BCUT2D eigenvalue weighted by atomic mass is 16.5. The van der Waals surface area contributed by atoms with Gasteiger partial charge in [0, 0.05) is 0 Å². The largest absolute Gasteiger partial charge is 0.469 e. The molecule has 4 atom stereocenters. The summed E-state index contributed by atoms with van der Waals surface area (Å²) in [5.74, 6) is -0.154. The van der Waals surface area contributed by atoms with Crippen molar-refractivity contribution in [2.75, 3.05) is 7.11 Å². The summed E-state index contributed by atoms with van der Waals surface area (Å²) < 4.78 is 4.82. The average Bonchev–Trinajstić information content (AvgIpc) is 2.52. The molecule has 2 aliphatic rings. The maximum atomic E-state index is 11.7. The predicted octanol–water partition coefficient (Wildman–Crippen LogP) is 2.37. The smallest absolute Gasteiger partial charge is 0.311 e. The highest BCUT2D eigenvalue weighted by Gasteiger charge is 2.59. The van der Waals surface area contributed by atoms with Crippen molar-refractivity contribution in [3.05, 3.63) is 0 Å². The molecule has 0 aliphatic heterocycles. The highest BCUT2D eigenvalue weighted by molar-refractivity contribution is 5.73. The summed E-state index contributed by atoms with van der Waals surface area (Å²) >= 11 is 0. The molecule has 2 fully saturated rings. The van der Waals surface area contributed by atoms with E-state index in [1.54, 1.807) is 0 Å². The van der Waals surface area contributed by atoms with Gasteiger partial charge < -0.3 is 9.84 Å². The number of aliphatic hydroxyl groups is 1. The average molecular weight is 240 g/mol. The van der Waals surface area contributed by atoms with E-state index in [4.69, 9.17) is 4.74 Å². The van der Waals surface area contributed by atoms with Gasteiger partial charge in [-0.15, -0.1) is 0 Å². The van der Waals surface area contributed by atoms with E-state index in [1.807, 2.05) is 0 Å². The minimum atomic E-state index is -0.542. The van der Waals surface area contributed by atoms with Crippen molar-refractivity contribution in [2.45, 2.75) is 52.6 Å². The summed E-state index contributed by atoms with van der Waals surface area (Å²) in [6.45, 7) is 6.68. The van der Waals surface area contributed by atoms with E-state index in [9.17, 15) is 9.90 Å². The van der Waals surface area contributed by atoms with E-state index in [-0.39, 0.29) is 22.7 Å². The molecule has 0 heterocycles. The van der Waals surface area contributed by atoms with Crippen molar-refractivity contribution in [3.63, 3.8) is 0 Å². The first kappa shape index (κ1) is 12.9. The number of hydrogen-bond acceptors (Lipinski definition) is 3. The Morgan fingerprint density at radius 3 is 2.47 bits per heavy atom. The molecule has 17 heavy (non-hydrogen) atoms. The van der Waals surface area contributed by atoms with E-state index >= 15 is 0 Å². The number of esters is 1. The Morgan fingerprint density at radius 2 is 1.94 bits per heavy atom. The molecule has 3 heteroatoms. The molecular formula is C14H24O3. The van der Waals surface area contributed by atoms with Gasteiger partial charge in [-0.3, -0.25) is 4.79 Å². The molecule has 2 aliphatic carbocycles. The van der Waals surface area contributed by atoms with E-state index in [0.29, 0.717) is 5.92 Å². The topological polar surface area (TPSA) is 46.5 Å². The molecule has 2 saturated carbocycles. The summed E-state index contributed by atoms with van der Waals surface area (Å²) in [5, 5.41) is 10.5. The first-order valence-electron chi connectivity index (χ1n) is 6.59. The fourth-order valence-electron chi connectivity index (χ4n) is 4.33. The van der Waals surface area contributed by atoms with Crippen LogP contribution < -0.4 is 0 Å². The number of fused-ring (bicyclic) bond motifs is 1. The molecule has 0 bridgehead atoms. The maximum absolute atomic E-state index is 11.7. The van der Waals surface area contributed by atoms with Crippen LogP contribution in [0.2, 0.25) is 0 Å².